The van der Waals surface area contributed by atoms with Gasteiger partial charge in [0.25, 0.3) is 0 Å². The van der Waals surface area contributed by atoms with Crippen molar-refractivity contribution < 1.29 is 19.0 Å². The number of hydrogen-bond donors (Lipinski definition) is 0. The van der Waals surface area contributed by atoms with Crippen molar-refractivity contribution in [2.24, 2.45) is 0 Å². The Morgan fingerprint density at radius 1 is 0.914 bits per heavy atom. The number of fused-ring (bicyclic) bond motifs is 1. The zero-order valence-corrected chi connectivity index (χ0v) is 19.3. The van der Waals surface area contributed by atoms with Crippen molar-refractivity contribution in [1.82, 2.24) is 24.7 Å². The van der Waals surface area contributed by atoms with Gasteiger partial charge in [-0.2, -0.15) is 0 Å². The Morgan fingerprint density at radius 3 is 2.29 bits per heavy atom. The van der Waals surface area contributed by atoms with E-state index in [4.69, 9.17) is 14.2 Å². The molecule has 5 rings (SSSR count). The van der Waals surface area contributed by atoms with Gasteiger partial charge >= 0.3 is 6.09 Å². The van der Waals surface area contributed by atoms with Gasteiger partial charge in [0.1, 0.15) is 25.6 Å². The van der Waals surface area contributed by atoms with Crippen LogP contribution in [0.25, 0.3) is 5.65 Å². The summed E-state index contributed by atoms with van der Waals surface area (Å²) in [6, 6.07) is 23.9. The quantitative estimate of drug-likeness (QED) is 0.358. The fourth-order valence-corrected chi connectivity index (χ4v) is 4.12. The average molecular weight is 474 g/mol. The maximum atomic E-state index is 12.5. The van der Waals surface area contributed by atoms with Gasteiger partial charge in [0.05, 0.1) is 6.10 Å². The number of ether oxygens (including phenoxy) is 3. The molecule has 0 bridgehead atoms. The van der Waals surface area contributed by atoms with Crippen LogP contribution in [0.3, 0.4) is 0 Å². The van der Waals surface area contributed by atoms with Crippen LogP contribution in [0.1, 0.15) is 30.1 Å². The van der Waals surface area contributed by atoms with Crippen molar-refractivity contribution in [3.8, 4) is 5.88 Å². The molecule has 0 spiro atoms. The van der Waals surface area contributed by atoms with Crippen LogP contribution in [0.2, 0.25) is 0 Å². The maximum Gasteiger partial charge on any atom is 0.409 e. The van der Waals surface area contributed by atoms with Gasteiger partial charge in [-0.25, -0.2) is 9.78 Å². The Balaban J connectivity index is 1.08. The van der Waals surface area contributed by atoms with E-state index in [-0.39, 0.29) is 31.5 Å². The van der Waals surface area contributed by atoms with Crippen LogP contribution >= 0.6 is 0 Å². The predicted molar refractivity (Wildman–Crippen MR) is 128 cm³/mol. The first-order valence-corrected chi connectivity index (χ1v) is 11.7. The van der Waals surface area contributed by atoms with E-state index >= 15 is 0 Å². The third-order valence-electron chi connectivity index (χ3n) is 5.92. The number of carbonyl (C=O) groups is 1. The van der Waals surface area contributed by atoms with E-state index in [1.807, 2.05) is 36.4 Å². The van der Waals surface area contributed by atoms with Crippen LogP contribution in [0.5, 0.6) is 5.88 Å². The zero-order valence-electron chi connectivity index (χ0n) is 19.3. The molecule has 0 unspecified atom stereocenters. The van der Waals surface area contributed by atoms with Crippen molar-refractivity contribution in [3.63, 3.8) is 0 Å². The molecular formula is C26H27N5O4. The standard InChI is InChI=1S/C26H27N5O4/c32-26(34-18-17-33-24-12-11-23-27-19-28-31(23)29-24)30-15-13-22(14-16-30)35-25(20-7-3-1-4-8-20)21-9-5-2-6-10-21/h1-12,19,22,25H,13-18H2. The number of nitrogens with zero attached hydrogens (tertiary/aromatic N) is 5. The molecule has 180 valence electrons. The molecule has 0 radical (unpaired) electrons. The Kier molecular flexibility index (Phi) is 7.14. The highest BCUT2D eigenvalue weighted by Crippen LogP contribution is 2.30. The Morgan fingerprint density at radius 2 is 1.60 bits per heavy atom. The molecule has 1 saturated heterocycles. The molecule has 9 heteroatoms. The smallest absolute Gasteiger partial charge is 0.409 e. The van der Waals surface area contributed by atoms with Crippen molar-refractivity contribution in [3.05, 3.63) is 90.3 Å². The minimum absolute atomic E-state index is 0.0607. The summed E-state index contributed by atoms with van der Waals surface area (Å²) in [5, 5.41) is 8.14. The zero-order chi connectivity index (χ0) is 23.9. The molecule has 35 heavy (non-hydrogen) atoms. The second-order valence-electron chi connectivity index (χ2n) is 8.27. The second kappa shape index (κ2) is 11.0. The predicted octanol–water partition coefficient (Wildman–Crippen LogP) is 3.91. The van der Waals surface area contributed by atoms with E-state index in [1.54, 1.807) is 17.0 Å². The van der Waals surface area contributed by atoms with Crippen LogP contribution in [0, 0.1) is 0 Å². The van der Waals surface area contributed by atoms with Gasteiger partial charge in [-0.3, -0.25) is 0 Å². The Labute approximate surface area is 203 Å². The molecule has 2 aromatic carbocycles. The lowest BCUT2D eigenvalue weighted by Crippen LogP contribution is -2.41. The molecule has 1 amide bonds. The topological polar surface area (TPSA) is 91.1 Å². The number of amides is 1. The van der Waals surface area contributed by atoms with Gasteiger partial charge in [-0.15, -0.1) is 14.8 Å². The Hall–Kier alpha value is -3.98. The van der Waals surface area contributed by atoms with Crippen LogP contribution < -0.4 is 4.74 Å². The SMILES string of the molecule is O=C(OCCOc1ccc2ncnn2n1)N1CCC(OC(c2ccccc2)c2ccccc2)CC1. The van der Waals surface area contributed by atoms with Crippen LogP contribution in [-0.2, 0) is 9.47 Å². The van der Waals surface area contributed by atoms with Crippen molar-refractivity contribution in [2.45, 2.75) is 25.0 Å². The molecule has 0 N–H and O–H groups in total. The number of aromatic nitrogens is 4. The number of likely N-dealkylation sites (tertiary alicyclic amines) is 1. The maximum absolute atomic E-state index is 12.5. The van der Waals surface area contributed by atoms with Crippen LogP contribution in [0.4, 0.5) is 4.79 Å². The lowest BCUT2D eigenvalue weighted by Gasteiger charge is -2.33. The third-order valence-corrected chi connectivity index (χ3v) is 5.92. The van der Waals surface area contributed by atoms with E-state index < -0.39 is 0 Å². The number of benzene rings is 2. The number of carbonyl (C=O) groups excluding carboxylic acids is 1. The number of rotatable bonds is 8. The van der Waals surface area contributed by atoms with Crippen molar-refractivity contribution in [2.75, 3.05) is 26.3 Å². The normalized spacial score (nSPS) is 14.4. The molecule has 1 fully saturated rings. The fraction of sp³-hybridized carbons (Fsp3) is 0.308. The first-order chi connectivity index (χ1) is 17.3. The fourth-order valence-electron chi connectivity index (χ4n) is 4.12. The third kappa shape index (κ3) is 5.75. The minimum Gasteiger partial charge on any atom is -0.473 e. The summed E-state index contributed by atoms with van der Waals surface area (Å²) in [6.45, 7) is 1.52. The van der Waals surface area contributed by atoms with Gasteiger partial charge in [0.2, 0.25) is 5.88 Å². The first kappa shape index (κ1) is 22.8. The van der Waals surface area contributed by atoms with E-state index in [0.717, 1.165) is 24.0 Å². The minimum atomic E-state index is -0.339. The monoisotopic (exact) mass is 473 g/mol. The highest BCUT2D eigenvalue weighted by atomic mass is 16.6. The molecule has 1 aliphatic rings. The van der Waals surface area contributed by atoms with Gasteiger partial charge in [0.15, 0.2) is 5.65 Å². The number of piperidine rings is 1. The Bertz CT molecular complexity index is 1190. The largest absolute Gasteiger partial charge is 0.473 e. The van der Waals surface area contributed by atoms with Crippen LogP contribution in [-0.4, -0.2) is 63.2 Å². The highest BCUT2D eigenvalue weighted by molar-refractivity contribution is 5.67. The van der Waals surface area contributed by atoms with Gasteiger partial charge in [0, 0.05) is 19.2 Å². The van der Waals surface area contributed by atoms with E-state index in [1.165, 1.54) is 11.0 Å². The molecule has 1 aliphatic heterocycles. The summed E-state index contributed by atoms with van der Waals surface area (Å²) < 4.78 is 18.9. The summed E-state index contributed by atoms with van der Waals surface area (Å²) in [7, 11) is 0. The molecule has 0 aliphatic carbocycles. The van der Waals surface area contributed by atoms with E-state index in [2.05, 4.69) is 39.4 Å². The summed E-state index contributed by atoms with van der Waals surface area (Å²) in [5.74, 6) is 0.392. The lowest BCUT2D eigenvalue weighted by atomic mass is 10.00. The molecule has 9 nitrogen and oxygen atoms in total. The summed E-state index contributed by atoms with van der Waals surface area (Å²) in [4.78, 5) is 18.2. The van der Waals surface area contributed by atoms with Gasteiger partial charge < -0.3 is 19.1 Å². The first-order valence-electron chi connectivity index (χ1n) is 11.7. The van der Waals surface area contributed by atoms with Crippen molar-refractivity contribution >= 4 is 11.7 Å². The number of hydrogen-bond acceptors (Lipinski definition) is 7. The summed E-state index contributed by atoms with van der Waals surface area (Å²) in [6.07, 6.45) is 2.52. The van der Waals surface area contributed by atoms with Gasteiger partial charge in [-0.1, -0.05) is 60.7 Å². The average Bonchev–Trinajstić information content (AvgIpc) is 3.39. The molecule has 2 aromatic heterocycles. The lowest BCUT2D eigenvalue weighted by molar-refractivity contribution is -0.0267. The van der Waals surface area contributed by atoms with Gasteiger partial charge in [-0.05, 0) is 30.0 Å². The molecule has 0 atom stereocenters. The van der Waals surface area contributed by atoms with Crippen LogP contribution in [0.15, 0.2) is 79.1 Å². The summed E-state index contributed by atoms with van der Waals surface area (Å²) in [5.41, 5.74) is 2.88. The van der Waals surface area contributed by atoms with Crippen molar-refractivity contribution in [1.29, 1.82) is 0 Å². The second-order valence-corrected chi connectivity index (χ2v) is 8.27. The summed E-state index contributed by atoms with van der Waals surface area (Å²) >= 11 is 0. The molecular weight excluding hydrogens is 446 g/mol. The highest BCUT2D eigenvalue weighted by Gasteiger charge is 2.27. The molecule has 0 saturated carbocycles. The molecule has 3 heterocycles. The van der Waals surface area contributed by atoms with E-state index in [0.29, 0.717) is 24.6 Å². The molecule has 4 aromatic rings. The van der Waals surface area contributed by atoms with E-state index in [9.17, 15) is 4.79 Å².